The minimum absolute atomic E-state index is 0.250. The zero-order valence-corrected chi connectivity index (χ0v) is 7.05. The maximum Gasteiger partial charge on any atom is 0.290 e. The minimum atomic E-state index is -0.250. The summed E-state index contributed by atoms with van der Waals surface area (Å²) in [4.78, 5) is 8.36. The van der Waals surface area contributed by atoms with Crippen LogP contribution in [0, 0.1) is 5.92 Å². The summed E-state index contributed by atoms with van der Waals surface area (Å²) in [7, 11) is 0. The molecule has 0 saturated carbocycles. The summed E-state index contributed by atoms with van der Waals surface area (Å²) in [5.74, 6) is 0.976. The SMILES string of the molecule is CC[C@H]1CCCNC1.O=CO. The normalized spacial score (nSPS) is 23.2. The molecule has 3 heteroatoms. The van der Waals surface area contributed by atoms with Crippen LogP contribution in [-0.2, 0) is 4.79 Å². The van der Waals surface area contributed by atoms with E-state index in [-0.39, 0.29) is 6.47 Å². The van der Waals surface area contributed by atoms with Crippen molar-refractivity contribution >= 4 is 6.47 Å². The summed E-state index contributed by atoms with van der Waals surface area (Å²) in [6.45, 7) is 4.53. The van der Waals surface area contributed by atoms with Crippen molar-refractivity contribution in [3.8, 4) is 0 Å². The van der Waals surface area contributed by atoms with Gasteiger partial charge in [0.05, 0.1) is 0 Å². The van der Waals surface area contributed by atoms with E-state index in [4.69, 9.17) is 9.90 Å². The van der Waals surface area contributed by atoms with E-state index in [1.54, 1.807) is 0 Å². The predicted molar refractivity (Wildman–Crippen MR) is 44.6 cm³/mol. The molecule has 0 aliphatic carbocycles. The van der Waals surface area contributed by atoms with Crippen LogP contribution < -0.4 is 5.32 Å². The molecule has 3 nitrogen and oxygen atoms in total. The molecular weight excluding hydrogens is 142 g/mol. The maximum absolute atomic E-state index is 8.36. The van der Waals surface area contributed by atoms with Gasteiger partial charge in [-0.25, -0.2) is 0 Å². The van der Waals surface area contributed by atoms with Crippen molar-refractivity contribution in [3.05, 3.63) is 0 Å². The van der Waals surface area contributed by atoms with Gasteiger partial charge < -0.3 is 10.4 Å². The molecule has 0 aromatic carbocycles. The molecule has 1 heterocycles. The molecule has 66 valence electrons. The fourth-order valence-electron chi connectivity index (χ4n) is 1.27. The van der Waals surface area contributed by atoms with Crippen molar-refractivity contribution in [2.24, 2.45) is 5.92 Å². The molecule has 0 aromatic rings. The summed E-state index contributed by atoms with van der Waals surface area (Å²) < 4.78 is 0. The lowest BCUT2D eigenvalue weighted by Crippen LogP contribution is -2.29. The summed E-state index contributed by atoms with van der Waals surface area (Å²) >= 11 is 0. The van der Waals surface area contributed by atoms with Gasteiger partial charge in [-0.2, -0.15) is 0 Å². The van der Waals surface area contributed by atoms with Crippen molar-refractivity contribution in [1.82, 2.24) is 5.32 Å². The Morgan fingerprint density at radius 3 is 2.64 bits per heavy atom. The van der Waals surface area contributed by atoms with Gasteiger partial charge >= 0.3 is 0 Å². The quantitative estimate of drug-likeness (QED) is 0.563. The fourth-order valence-corrected chi connectivity index (χ4v) is 1.27. The van der Waals surface area contributed by atoms with Gasteiger partial charge in [0, 0.05) is 0 Å². The van der Waals surface area contributed by atoms with E-state index in [0.717, 1.165) is 5.92 Å². The Kier molecular flexibility index (Phi) is 7.15. The Morgan fingerprint density at radius 2 is 2.36 bits per heavy atom. The summed E-state index contributed by atoms with van der Waals surface area (Å²) in [5, 5.41) is 10.3. The van der Waals surface area contributed by atoms with Gasteiger partial charge in [-0.15, -0.1) is 0 Å². The third-order valence-electron chi connectivity index (χ3n) is 1.98. The molecular formula is C8H17NO2. The number of rotatable bonds is 1. The van der Waals surface area contributed by atoms with Crippen LogP contribution >= 0.6 is 0 Å². The second kappa shape index (κ2) is 7.54. The van der Waals surface area contributed by atoms with Crippen LogP contribution in [0.4, 0.5) is 0 Å². The first-order valence-electron chi connectivity index (χ1n) is 4.13. The van der Waals surface area contributed by atoms with Crippen LogP contribution in [0.2, 0.25) is 0 Å². The molecule has 1 aliphatic heterocycles. The van der Waals surface area contributed by atoms with Crippen molar-refractivity contribution in [1.29, 1.82) is 0 Å². The van der Waals surface area contributed by atoms with Gasteiger partial charge in [0.1, 0.15) is 0 Å². The van der Waals surface area contributed by atoms with E-state index < -0.39 is 0 Å². The van der Waals surface area contributed by atoms with Gasteiger partial charge in [-0.3, -0.25) is 4.79 Å². The number of hydrogen-bond donors (Lipinski definition) is 2. The van der Waals surface area contributed by atoms with Crippen LogP contribution in [0.5, 0.6) is 0 Å². The van der Waals surface area contributed by atoms with Crippen molar-refractivity contribution in [2.45, 2.75) is 26.2 Å². The molecule has 2 N–H and O–H groups in total. The van der Waals surface area contributed by atoms with E-state index in [2.05, 4.69) is 12.2 Å². The lowest BCUT2D eigenvalue weighted by molar-refractivity contribution is -0.122. The summed E-state index contributed by atoms with van der Waals surface area (Å²) in [6.07, 6.45) is 4.19. The second-order valence-electron chi connectivity index (χ2n) is 2.73. The predicted octanol–water partition coefficient (Wildman–Crippen LogP) is 1.10. The third kappa shape index (κ3) is 5.85. The van der Waals surface area contributed by atoms with E-state index in [1.807, 2.05) is 0 Å². The Morgan fingerprint density at radius 1 is 1.73 bits per heavy atom. The monoisotopic (exact) mass is 159 g/mol. The highest BCUT2D eigenvalue weighted by atomic mass is 16.3. The van der Waals surface area contributed by atoms with E-state index in [0.29, 0.717) is 0 Å². The van der Waals surface area contributed by atoms with Crippen LogP contribution in [0.1, 0.15) is 26.2 Å². The molecule has 0 spiro atoms. The minimum Gasteiger partial charge on any atom is -0.483 e. The van der Waals surface area contributed by atoms with Crippen LogP contribution in [0.3, 0.4) is 0 Å². The lowest BCUT2D eigenvalue weighted by Gasteiger charge is -2.20. The number of hydrogen-bond acceptors (Lipinski definition) is 2. The average molecular weight is 159 g/mol. The highest BCUT2D eigenvalue weighted by Gasteiger charge is 2.08. The van der Waals surface area contributed by atoms with Crippen LogP contribution in [0.15, 0.2) is 0 Å². The molecule has 1 fully saturated rings. The molecule has 1 atom stereocenters. The van der Waals surface area contributed by atoms with Gasteiger partial charge in [0.2, 0.25) is 0 Å². The van der Waals surface area contributed by atoms with Gasteiger partial charge in [-0.1, -0.05) is 13.3 Å². The molecule has 0 radical (unpaired) electrons. The topological polar surface area (TPSA) is 49.3 Å². The first kappa shape index (κ1) is 10.4. The van der Waals surface area contributed by atoms with Crippen LogP contribution in [0.25, 0.3) is 0 Å². The Hall–Kier alpha value is -0.570. The maximum atomic E-state index is 8.36. The molecule has 0 aromatic heterocycles. The zero-order valence-electron chi connectivity index (χ0n) is 7.05. The summed E-state index contributed by atoms with van der Waals surface area (Å²) in [5.41, 5.74) is 0. The van der Waals surface area contributed by atoms with Crippen molar-refractivity contribution < 1.29 is 9.90 Å². The van der Waals surface area contributed by atoms with Crippen LogP contribution in [-0.4, -0.2) is 24.7 Å². The smallest absolute Gasteiger partial charge is 0.290 e. The molecule has 11 heavy (non-hydrogen) atoms. The molecule has 0 amide bonds. The number of carbonyl (C=O) groups is 1. The highest BCUT2D eigenvalue weighted by molar-refractivity contribution is 5.32. The largest absolute Gasteiger partial charge is 0.483 e. The molecule has 0 unspecified atom stereocenters. The lowest BCUT2D eigenvalue weighted by atomic mass is 9.97. The van der Waals surface area contributed by atoms with Gasteiger partial charge in [-0.05, 0) is 31.8 Å². The molecule has 1 rings (SSSR count). The third-order valence-corrected chi connectivity index (χ3v) is 1.98. The van der Waals surface area contributed by atoms with E-state index in [9.17, 15) is 0 Å². The Balaban J connectivity index is 0.000000292. The fraction of sp³-hybridized carbons (Fsp3) is 0.875. The molecule has 0 bridgehead atoms. The highest BCUT2D eigenvalue weighted by Crippen LogP contribution is 2.12. The Labute approximate surface area is 67.8 Å². The molecule has 1 aliphatic rings. The first-order chi connectivity index (χ1) is 5.35. The first-order valence-corrected chi connectivity index (χ1v) is 4.13. The Bertz CT molecular complexity index is 90.1. The van der Waals surface area contributed by atoms with Gasteiger partial charge in [0.15, 0.2) is 0 Å². The standard InChI is InChI=1S/C7H15N.CH2O2/c1-2-7-4-3-5-8-6-7;2-1-3/h7-8H,2-6H2,1H3;1H,(H,2,3)/t7-;/m0./s1. The van der Waals surface area contributed by atoms with Crippen molar-refractivity contribution in [3.63, 3.8) is 0 Å². The summed E-state index contributed by atoms with van der Waals surface area (Å²) in [6, 6.07) is 0. The zero-order chi connectivity index (χ0) is 8.53. The molecule has 1 saturated heterocycles. The number of nitrogens with one attached hydrogen (secondary N) is 1. The number of piperidine rings is 1. The van der Waals surface area contributed by atoms with Crippen molar-refractivity contribution in [2.75, 3.05) is 13.1 Å². The van der Waals surface area contributed by atoms with Gasteiger partial charge in [0.25, 0.3) is 6.47 Å². The van der Waals surface area contributed by atoms with E-state index >= 15 is 0 Å². The number of carboxylic acid groups (broad SMARTS) is 1. The average Bonchev–Trinajstić information content (AvgIpc) is 2.08. The van der Waals surface area contributed by atoms with E-state index in [1.165, 1.54) is 32.4 Å². The second-order valence-corrected chi connectivity index (χ2v) is 2.73.